The fraction of sp³-hybridized carbons (Fsp3) is 0.348. The van der Waals surface area contributed by atoms with Crippen molar-refractivity contribution < 1.29 is 9.18 Å². The van der Waals surface area contributed by atoms with Gasteiger partial charge in [0.15, 0.2) is 0 Å². The van der Waals surface area contributed by atoms with Gasteiger partial charge in [0.2, 0.25) is 0 Å². The topological polar surface area (TPSA) is 26.8 Å². The third kappa shape index (κ3) is 4.05. The van der Waals surface area contributed by atoms with Gasteiger partial charge in [-0.3, -0.25) is 4.79 Å². The molecule has 2 heterocycles. The molecule has 1 fully saturated rings. The summed E-state index contributed by atoms with van der Waals surface area (Å²) in [6, 6.07) is 13.0. The molecule has 0 saturated carbocycles. The lowest BCUT2D eigenvalue weighted by molar-refractivity contribution is 0.0783. The van der Waals surface area contributed by atoms with Gasteiger partial charge in [-0.1, -0.05) is 12.1 Å². The second kappa shape index (κ2) is 8.20. The summed E-state index contributed by atoms with van der Waals surface area (Å²) in [7, 11) is 4.13. The molecular formula is C23H26FN3OS. The van der Waals surface area contributed by atoms with Crippen LogP contribution in [0.3, 0.4) is 0 Å². The molecule has 152 valence electrons. The Bertz CT molecular complexity index is 928. The van der Waals surface area contributed by atoms with Crippen LogP contribution < -0.4 is 4.90 Å². The van der Waals surface area contributed by atoms with Crippen molar-refractivity contribution in [1.29, 1.82) is 0 Å². The first-order valence-electron chi connectivity index (χ1n) is 9.86. The van der Waals surface area contributed by atoms with Crippen LogP contribution in [0.5, 0.6) is 0 Å². The molecule has 2 aromatic carbocycles. The van der Waals surface area contributed by atoms with Gasteiger partial charge in [0.1, 0.15) is 11.2 Å². The maximum absolute atomic E-state index is 13.3. The Hall–Kier alpha value is -2.31. The summed E-state index contributed by atoms with van der Waals surface area (Å²) >= 11 is 1.69. The molecule has 2 aliphatic rings. The molecule has 0 radical (unpaired) electrons. The van der Waals surface area contributed by atoms with Crippen LogP contribution in [0.1, 0.15) is 33.3 Å². The summed E-state index contributed by atoms with van der Waals surface area (Å²) in [6.45, 7) is 3.63. The molecule has 2 aromatic rings. The van der Waals surface area contributed by atoms with E-state index in [2.05, 4.69) is 29.3 Å². The predicted octanol–water partition coefficient (Wildman–Crippen LogP) is 4.63. The SMILES string of the molecule is Cc1cc(C(=O)N2CC[C@@H](N(C)C)C2)ccc1N1C=CSC1c1ccc(F)cc1. The highest BCUT2D eigenvalue weighted by atomic mass is 32.2. The molecule has 2 aliphatic heterocycles. The van der Waals surface area contributed by atoms with Gasteiger partial charge in [0.05, 0.1) is 0 Å². The number of aryl methyl sites for hydroxylation is 1. The van der Waals surface area contributed by atoms with Crippen LogP contribution >= 0.6 is 11.8 Å². The van der Waals surface area contributed by atoms with Crippen molar-refractivity contribution in [3.05, 3.63) is 76.6 Å². The van der Waals surface area contributed by atoms with E-state index in [1.165, 1.54) is 12.1 Å². The van der Waals surface area contributed by atoms with Crippen LogP contribution in [0.25, 0.3) is 0 Å². The van der Waals surface area contributed by atoms with E-state index in [1.54, 1.807) is 11.8 Å². The number of amides is 1. The number of thioether (sulfide) groups is 1. The number of carbonyl (C=O) groups excluding carboxylic acids is 1. The Labute approximate surface area is 176 Å². The van der Waals surface area contributed by atoms with Crippen LogP contribution in [0, 0.1) is 12.7 Å². The van der Waals surface area contributed by atoms with E-state index in [4.69, 9.17) is 0 Å². The molecule has 2 atom stereocenters. The lowest BCUT2D eigenvalue weighted by atomic mass is 10.1. The van der Waals surface area contributed by atoms with Crippen molar-refractivity contribution in [2.45, 2.75) is 24.8 Å². The molecule has 1 saturated heterocycles. The summed E-state index contributed by atoms with van der Waals surface area (Å²) in [4.78, 5) is 19.3. The standard InChI is InChI=1S/C23H26FN3OS/c1-16-14-18(22(28)26-11-10-20(15-26)25(2)3)6-9-21(16)27-12-13-29-23(27)17-4-7-19(24)8-5-17/h4-9,12-14,20,23H,10-11,15H2,1-3H3/t20-,23?/m1/s1. The Morgan fingerprint density at radius 3 is 2.59 bits per heavy atom. The average molecular weight is 412 g/mol. The molecule has 1 amide bonds. The van der Waals surface area contributed by atoms with Gasteiger partial charge in [0, 0.05) is 36.6 Å². The molecule has 6 heteroatoms. The predicted molar refractivity (Wildman–Crippen MR) is 118 cm³/mol. The number of hydrogen-bond acceptors (Lipinski definition) is 4. The molecule has 29 heavy (non-hydrogen) atoms. The number of likely N-dealkylation sites (tertiary alicyclic amines) is 1. The maximum atomic E-state index is 13.3. The first kappa shape index (κ1) is 20.0. The molecule has 1 unspecified atom stereocenters. The molecule has 0 aromatic heterocycles. The van der Waals surface area contributed by atoms with E-state index < -0.39 is 0 Å². The molecular weight excluding hydrogens is 385 g/mol. The van der Waals surface area contributed by atoms with E-state index >= 15 is 0 Å². The van der Waals surface area contributed by atoms with Crippen LogP contribution in [0.15, 0.2) is 54.1 Å². The highest BCUT2D eigenvalue weighted by Gasteiger charge is 2.29. The zero-order chi connectivity index (χ0) is 20.5. The van der Waals surface area contributed by atoms with Gasteiger partial charge in [0.25, 0.3) is 5.91 Å². The average Bonchev–Trinajstić information content (AvgIpc) is 3.38. The van der Waals surface area contributed by atoms with Crippen LogP contribution in [0.4, 0.5) is 10.1 Å². The zero-order valence-corrected chi connectivity index (χ0v) is 17.8. The second-order valence-electron chi connectivity index (χ2n) is 7.89. The summed E-state index contributed by atoms with van der Waals surface area (Å²) in [6.07, 6.45) is 3.07. The molecule has 0 N–H and O–H groups in total. The zero-order valence-electron chi connectivity index (χ0n) is 17.0. The summed E-state index contributed by atoms with van der Waals surface area (Å²) in [5.74, 6) is -0.126. The van der Waals surface area contributed by atoms with Crippen molar-refractivity contribution in [1.82, 2.24) is 9.80 Å². The van der Waals surface area contributed by atoms with Crippen LogP contribution in [-0.2, 0) is 0 Å². The summed E-state index contributed by atoms with van der Waals surface area (Å²) in [5.41, 5.74) is 3.90. The van der Waals surface area contributed by atoms with Crippen molar-refractivity contribution >= 4 is 23.4 Å². The van der Waals surface area contributed by atoms with Crippen molar-refractivity contribution in [3.63, 3.8) is 0 Å². The lowest BCUT2D eigenvalue weighted by Crippen LogP contribution is -2.34. The highest BCUT2D eigenvalue weighted by Crippen LogP contribution is 2.43. The largest absolute Gasteiger partial charge is 0.337 e. The number of nitrogens with zero attached hydrogens (tertiary/aromatic N) is 3. The van der Waals surface area contributed by atoms with Gasteiger partial charge in [-0.2, -0.15) is 0 Å². The quantitative estimate of drug-likeness (QED) is 0.733. The Morgan fingerprint density at radius 2 is 1.93 bits per heavy atom. The number of rotatable bonds is 4. The molecule has 4 nitrogen and oxygen atoms in total. The number of benzene rings is 2. The van der Waals surface area contributed by atoms with E-state index in [1.807, 2.05) is 48.4 Å². The fourth-order valence-electron chi connectivity index (χ4n) is 4.00. The van der Waals surface area contributed by atoms with Crippen LogP contribution in [-0.4, -0.2) is 48.9 Å². The maximum Gasteiger partial charge on any atom is 0.253 e. The van der Waals surface area contributed by atoms with Gasteiger partial charge in [-0.05, 0) is 74.3 Å². The Balaban J connectivity index is 1.53. The van der Waals surface area contributed by atoms with Gasteiger partial charge >= 0.3 is 0 Å². The summed E-state index contributed by atoms with van der Waals surface area (Å²) < 4.78 is 13.3. The number of halogens is 1. The van der Waals surface area contributed by atoms with E-state index in [9.17, 15) is 9.18 Å². The Morgan fingerprint density at radius 1 is 1.17 bits per heavy atom. The van der Waals surface area contributed by atoms with Gasteiger partial charge < -0.3 is 14.7 Å². The minimum atomic E-state index is -0.228. The first-order chi connectivity index (χ1) is 13.9. The second-order valence-corrected chi connectivity index (χ2v) is 8.88. The van der Waals surface area contributed by atoms with E-state index in [0.717, 1.165) is 41.9 Å². The fourth-order valence-corrected chi connectivity index (χ4v) is 4.98. The van der Waals surface area contributed by atoms with Gasteiger partial charge in [-0.25, -0.2) is 4.39 Å². The smallest absolute Gasteiger partial charge is 0.253 e. The minimum Gasteiger partial charge on any atom is -0.337 e. The van der Waals surface area contributed by atoms with E-state index in [-0.39, 0.29) is 17.1 Å². The van der Waals surface area contributed by atoms with E-state index in [0.29, 0.717) is 6.04 Å². The van der Waals surface area contributed by atoms with Crippen molar-refractivity contribution in [3.8, 4) is 0 Å². The third-order valence-corrected chi connectivity index (χ3v) is 6.78. The molecule has 0 spiro atoms. The monoisotopic (exact) mass is 411 g/mol. The van der Waals surface area contributed by atoms with Crippen LogP contribution in [0.2, 0.25) is 0 Å². The first-order valence-corrected chi connectivity index (χ1v) is 10.8. The number of hydrogen-bond donors (Lipinski definition) is 0. The molecule has 4 rings (SSSR count). The lowest BCUT2D eigenvalue weighted by Gasteiger charge is -2.27. The van der Waals surface area contributed by atoms with Gasteiger partial charge in [-0.15, -0.1) is 11.8 Å². The number of carbonyl (C=O) groups is 1. The number of likely N-dealkylation sites (N-methyl/N-ethyl adjacent to an activating group) is 1. The Kier molecular flexibility index (Phi) is 5.65. The molecule has 0 aliphatic carbocycles. The minimum absolute atomic E-state index is 0.0651. The normalized spacial score (nSPS) is 21.4. The summed E-state index contributed by atoms with van der Waals surface area (Å²) in [5, 5.41) is 2.12. The van der Waals surface area contributed by atoms with Crippen molar-refractivity contribution in [2.24, 2.45) is 0 Å². The highest BCUT2D eigenvalue weighted by molar-refractivity contribution is 8.02. The van der Waals surface area contributed by atoms with Crippen molar-refractivity contribution in [2.75, 3.05) is 32.1 Å². The number of anilines is 1. The third-order valence-electron chi connectivity index (χ3n) is 5.74. The molecule has 0 bridgehead atoms.